The van der Waals surface area contributed by atoms with Crippen molar-refractivity contribution in [1.29, 1.82) is 0 Å². The van der Waals surface area contributed by atoms with Gasteiger partial charge in [-0.15, -0.1) is 0 Å². The number of phenols is 2. The molecule has 34 heavy (non-hydrogen) atoms. The third-order valence-corrected chi connectivity index (χ3v) is 7.44. The number of aliphatic hydroxyl groups excluding tert-OH is 2. The number of fused-ring (bicyclic) bond motifs is 2. The van der Waals surface area contributed by atoms with Gasteiger partial charge in [-0.3, -0.25) is 9.59 Å². The number of carbonyl (C=O) groups excluding carboxylic acids is 2. The highest BCUT2D eigenvalue weighted by Crippen LogP contribution is 2.49. The number of carbonyl (C=O) groups is 2. The Morgan fingerprint density at radius 3 is 2.26 bits per heavy atom. The van der Waals surface area contributed by atoms with Crippen LogP contribution in [0.3, 0.4) is 0 Å². The Hall–Kier alpha value is -3.20. The summed E-state index contributed by atoms with van der Waals surface area (Å²) in [5.74, 6) is -2.12. The molecule has 8 heteroatoms. The van der Waals surface area contributed by atoms with Crippen molar-refractivity contribution in [1.82, 2.24) is 4.90 Å². The number of benzene rings is 2. The summed E-state index contributed by atoms with van der Waals surface area (Å²) in [6, 6.07) is 10.1. The third-order valence-electron chi connectivity index (χ3n) is 7.44. The van der Waals surface area contributed by atoms with Crippen LogP contribution in [0.2, 0.25) is 0 Å². The van der Waals surface area contributed by atoms with Crippen LogP contribution in [-0.2, 0) is 6.42 Å². The number of rotatable bonds is 2. The Labute approximate surface area is 196 Å². The van der Waals surface area contributed by atoms with E-state index in [-0.39, 0.29) is 28.8 Å². The molecular formula is C26H27NO7. The first-order valence-corrected chi connectivity index (χ1v) is 11.4. The minimum Gasteiger partial charge on any atom is -0.507 e. The molecule has 5 N–H and O–H groups in total. The van der Waals surface area contributed by atoms with Crippen LogP contribution in [-0.4, -0.2) is 66.8 Å². The monoisotopic (exact) mass is 465 g/mol. The fourth-order valence-corrected chi connectivity index (χ4v) is 5.52. The van der Waals surface area contributed by atoms with E-state index in [9.17, 15) is 35.1 Å². The zero-order valence-corrected chi connectivity index (χ0v) is 18.7. The second-order valence-electron chi connectivity index (χ2n) is 9.66. The summed E-state index contributed by atoms with van der Waals surface area (Å²) in [6.45, 7) is 2.39. The number of ketones is 2. The van der Waals surface area contributed by atoms with E-state index in [1.807, 2.05) is 23.1 Å². The van der Waals surface area contributed by atoms with Crippen LogP contribution in [0.4, 0.5) is 0 Å². The Balaban J connectivity index is 1.49. The minimum absolute atomic E-state index is 0.0516. The molecule has 178 valence electrons. The first kappa shape index (κ1) is 22.6. The van der Waals surface area contributed by atoms with Gasteiger partial charge >= 0.3 is 0 Å². The van der Waals surface area contributed by atoms with Crippen LogP contribution in [0.25, 0.3) is 0 Å². The highest BCUT2D eigenvalue weighted by atomic mass is 16.4. The van der Waals surface area contributed by atoms with Gasteiger partial charge in [0, 0.05) is 36.7 Å². The van der Waals surface area contributed by atoms with Gasteiger partial charge in [0.25, 0.3) is 0 Å². The molecule has 3 unspecified atom stereocenters. The van der Waals surface area contributed by atoms with Crippen LogP contribution in [0.1, 0.15) is 69.2 Å². The fraction of sp³-hybridized carbons (Fsp3) is 0.385. The van der Waals surface area contributed by atoms with Crippen LogP contribution < -0.4 is 0 Å². The number of allylic oxidation sites excluding steroid dienone is 2. The Morgan fingerprint density at radius 1 is 0.971 bits per heavy atom. The van der Waals surface area contributed by atoms with Gasteiger partial charge < -0.3 is 30.4 Å². The number of hydrogen-bond acceptors (Lipinski definition) is 8. The van der Waals surface area contributed by atoms with Crippen molar-refractivity contribution < 1.29 is 35.1 Å². The van der Waals surface area contributed by atoms with Crippen LogP contribution in [0.5, 0.6) is 11.5 Å². The normalized spacial score (nSPS) is 27.3. The predicted octanol–water partition coefficient (Wildman–Crippen LogP) is 1.94. The molecule has 5 rings (SSSR count). The van der Waals surface area contributed by atoms with Gasteiger partial charge in [-0.2, -0.15) is 0 Å². The van der Waals surface area contributed by atoms with E-state index in [1.165, 1.54) is 18.6 Å². The molecule has 1 aliphatic heterocycles. The summed E-state index contributed by atoms with van der Waals surface area (Å²) in [5.41, 5.74) is -1.43. The molecule has 8 nitrogen and oxygen atoms in total. The molecule has 0 aromatic heterocycles. The summed E-state index contributed by atoms with van der Waals surface area (Å²) in [7, 11) is 0. The summed E-state index contributed by atoms with van der Waals surface area (Å²) in [4.78, 5) is 28.3. The van der Waals surface area contributed by atoms with Crippen molar-refractivity contribution in [3.8, 4) is 11.5 Å². The number of nitrogens with zero attached hydrogens (tertiary/aromatic N) is 1. The lowest BCUT2D eigenvalue weighted by atomic mass is 9.73. The number of aliphatic hydroxyl groups is 3. The highest BCUT2D eigenvalue weighted by molar-refractivity contribution is 6.26. The topological polar surface area (TPSA) is 139 Å². The lowest BCUT2D eigenvalue weighted by molar-refractivity contribution is -0.126. The van der Waals surface area contributed by atoms with E-state index >= 15 is 0 Å². The smallest absolute Gasteiger partial charge is 0.213 e. The van der Waals surface area contributed by atoms with Crippen LogP contribution >= 0.6 is 0 Å². The summed E-state index contributed by atoms with van der Waals surface area (Å²) >= 11 is 0. The van der Waals surface area contributed by atoms with E-state index in [0.717, 1.165) is 12.8 Å². The molecule has 0 radical (unpaired) electrons. The molecule has 0 amide bonds. The van der Waals surface area contributed by atoms with Crippen molar-refractivity contribution >= 4 is 11.6 Å². The second-order valence-corrected chi connectivity index (χ2v) is 9.66. The van der Waals surface area contributed by atoms with Gasteiger partial charge in [-0.05, 0) is 31.2 Å². The van der Waals surface area contributed by atoms with Gasteiger partial charge in [0.05, 0.1) is 22.4 Å². The molecule has 0 bridgehead atoms. The van der Waals surface area contributed by atoms with E-state index < -0.39 is 46.4 Å². The Kier molecular flexibility index (Phi) is 5.27. The summed E-state index contributed by atoms with van der Waals surface area (Å²) < 4.78 is 0. The predicted molar refractivity (Wildman–Crippen MR) is 122 cm³/mol. The fourth-order valence-electron chi connectivity index (χ4n) is 5.52. The van der Waals surface area contributed by atoms with Gasteiger partial charge in [0.2, 0.25) is 5.78 Å². The minimum atomic E-state index is -1.80. The van der Waals surface area contributed by atoms with Gasteiger partial charge in [-0.25, -0.2) is 0 Å². The average Bonchev–Trinajstić information content (AvgIpc) is 2.82. The summed E-state index contributed by atoms with van der Waals surface area (Å²) in [5, 5.41) is 53.1. The van der Waals surface area contributed by atoms with Crippen LogP contribution in [0.15, 0.2) is 42.1 Å². The first-order chi connectivity index (χ1) is 16.1. The molecule has 1 heterocycles. The molecule has 2 aliphatic carbocycles. The van der Waals surface area contributed by atoms with Crippen molar-refractivity contribution in [2.45, 2.75) is 49.9 Å². The average molecular weight is 466 g/mol. The molecule has 0 spiro atoms. The number of phenolic OH excluding ortho intramolecular Hbond substituents is 2. The van der Waals surface area contributed by atoms with Crippen molar-refractivity contribution in [3.63, 3.8) is 0 Å². The number of likely N-dealkylation sites (tertiary alicyclic amines) is 1. The van der Waals surface area contributed by atoms with Crippen molar-refractivity contribution in [3.05, 3.63) is 69.9 Å². The largest absolute Gasteiger partial charge is 0.507 e. The maximum Gasteiger partial charge on any atom is 0.213 e. The number of Topliss-reactive ketones (excluding diaryl/α,β-unsaturated/α-hetero) is 1. The van der Waals surface area contributed by atoms with Crippen molar-refractivity contribution in [2.24, 2.45) is 0 Å². The number of hydrogen-bond donors (Lipinski definition) is 5. The molecule has 2 aromatic rings. The number of piperidine rings is 1. The van der Waals surface area contributed by atoms with E-state index in [1.54, 1.807) is 0 Å². The Morgan fingerprint density at radius 2 is 1.62 bits per heavy atom. The molecule has 1 saturated heterocycles. The first-order valence-electron chi connectivity index (χ1n) is 11.4. The zero-order chi connectivity index (χ0) is 24.4. The maximum absolute atomic E-state index is 13.5. The summed E-state index contributed by atoms with van der Waals surface area (Å²) in [6.07, 6.45) is -0.930. The third kappa shape index (κ3) is 3.33. The quantitative estimate of drug-likeness (QED) is 0.424. The molecule has 3 aliphatic rings. The molecule has 0 saturated carbocycles. The zero-order valence-electron chi connectivity index (χ0n) is 18.7. The molecular weight excluding hydrogens is 438 g/mol. The molecule has 3 atom stereocenters. The SMILES string of the molecule is CC1(O)Cc2c(O)c3c(c(O)c2C(O)C1O)C(=O)C=C(N1CCC(c2ccccc2)CC1)C3=O. The van der Waals surface area contributed by atoms with Gasteiger partial charge in [0.15, 0.2) is 5.78 Å². The van der Waals surface area contributed by atoms with Gasteiger partial charge in [-0.1, -0.05) is 30.3 Å². The van der Waals surface area contributed by atoms with E-state index in [0.29, 0.717) is 19.0 Å². The van der Waals surface area contributed by atoms with Gasteiger partial charge in [0.1, 0.15) is 23.7 Å². The lowest BCUT2D eigenvalue weighted by Gasteiger charge is -2.40. The van der Waals surface area contributed by atoms with E-state index in [2.05, 4.69) is 12.1 Å². The standard InChI is InChI=1S/C26H27NO7/c1-26(34)12-15-18(24(32)25(26)33)23(31)19-17(28)11-16(22(30)20(19)21(15)29)27-9-7-14(8-10-27)13-5-3-2-4-6-13/h2-6,11,14,24-25,29,31-34H,7-10,12H2,1H3. The maximum atomic E-state index is 13.5. The van der Waals surface area contributed by atoms with E-state index in [4.69, 9.17) is 0 Å². The van der Waals surface area contributed by atoms with Crippen LogP contribution in [0, 0.1) is 0 Å². The lowest BCUT2D eigenvalue weighted by Crippen LogP contribution is -2.49. The molecule has 1 fully saturated rings. The molecule has 2 aromatic carbocycles. The second kappa shape index (κ2) is 7.94. The highest BCUT2D eigenvalue weighted by Gasteiger charge is 2.48. The van der Waals surface area contributed by atoms with Crippen molar-refractivity contribution in [2.75, 3.05) is 13.1 Å². The number of aromatic hydroxyl groups is 2. The Bertz CT molecular complexity index is 1210.